The molecule has 0 saturated carbocycles. The smallest absolute Gasteiger partial charge is 0.319 e. The summed E-state index contributed by atoms with van der Waals surface area (Å²) in [5, 5.41) is 5.84. The largest absolute Gasteiger partial charge is 0.338 e. The lowest BCUT2D eigenvalue weighted by atomic mass is 10.0. The third kappa shape index (κ3) is 5.81. The highest BCUT2D eigenvalue weighted by Crippen LogP contribution is 2.41. The third-order valence-corrected chi connectivity index (χ3v) is 7.07. The first kappa shape index (κ1) is 23.9. The molecule has 34 heavy (non-hydrogen) atoms. The zero-order chi connectivity index (χ0) is 24.1. The Hall–Kier alpha value is -3.25. The van der Waals surface area contributed by atoms with Crippen LogP contribution in [0.4, 0.5) is 16.2 Å². The van der Waals surface area contributed by atoms with E-state index in [1.165, 1.54) is 16.7 Å². The number of aryl methyl sites for hydroxylation is 3. The van der Waals surface area contributed by atoms with Crippen molar-refractivity contribution in [2.24, 2.45) is 0 Å². The van der Waals surface area contributed by atoms with E-state index in [9.17, 15) is 9.59 Å². The normalized spacial score (nSPS) is 12.6. The number of amides is 3. The van der Waals surface area contributed by atoms with Crippen LogP contribution in [-0.2, 0) is 6.42 Å². The van der Waals surface area contributed by atoms with Crippen LogP contribution in [0.5, 0.6) is 0 Å². The van der Waals surface area contributed by atoms with Crippen molar-refractivity contribution in [2.45, 2.75) is 49.3 Å². The van der Waals surface area contributed by atoms with E-state index in [1.54, 1.807) is 23.7 Å². The molecule has 0 fully saturated rings. The van der Waals surface area contributed by atoms with Crippen LogP contribution in [-0.4, -0.2) is 25.5 Å². The quantitative estimate of drug-likeness (QED) is 0.381. The molecule has 0 atom stereocenters. The molecule has 3 aromatic carbocycles. The molecule has 3 aromatic rings. The predicted molar refractivity (Wildman–Crippen MR) is 140 cm³/mol. The van der Waals surface area contributed by atoms with Gasteiger partial charge in [0.25, 0.3) is 5.91 Å². The number of nitrogens with zero attached hydrogens (tertiary/aromatic N) is 1. The zero-order valence-electron chi connectivity index (χ0n) is 20.0. The average molecular weight is 474 g/mol. The summed E-state index contributed by atoms with van der Waals surface area (Å²) < 4.78 is 0. The molecule has 0 radical (unpaired) electrons. The Morgan fingerprint density at radius 1 is 0.912 bits per heavy atom. The lowest BCUT2D eigenvalue weighted by molar-refractivity contribution is 0.0990. The molecule has 0 saturated heterocycles. The molecule has 1 aliphatic rings. The van der Waals surface area contributed by atoms with Crippen molar-refractivity contribution in [1.82, 2.24) is 5.32 Å². The van der Waals surface area contributed by atoms with Crippen LogP contribution in [0.1, 0.15) is 46.3 Å². The Labute approximate surface area is 205 Å². The van der Waals surface area contributed by atoms with Gasteiger partial charge in [-0.3, -0.25) is 4.79 Å². The number of hydrogen-bond donors (Lipinski definition) is 2. The predicted octanol–water partition coefficient (Wildman–Crippen LogP) is 6.58. The molecule has 2 N–H and O–H groups in total. The lowest BCUT2D eigenvalue weighted by Gasteiger charge is -2.18. The molecule has 6 heteroatoms. The summed E-state index contributed by atoms with van der Waals surface area (Å²) in [6.07, 6.45) is 4.18. The van der Waals surface area contributed by atoms with Crippen LogP contribution in [0.25, 0.3) is 0 Å². The van der Waals surface area contributed by atoms with Crippen molar-refractivity contribution in [2.75, 3.05) is 23.8 Å². The fraction of sp³-hybridized carbons (Fsp3) is 0.286. The molecule has 3 amide bonds. The summed E-state index contributed by atoms with van der Waals surface area (Å²) in [5.41, 5.74) is 6.15. The highest BCUT2D eigenvalue weighted by atomic mass is 32.2. The highest BCUT2D eigenvalue weighted by molar-refractivity contribution is 7.99. The Kier molecular flexibility index (Phi) is 7.58. The molecule has 0 bridgehead atoms. The number of urea groups is 1. The third-order valence-electron chi connectivity index (χ3n) is 5.93. The highest BCUT2D eigenvalue weighted by Gasteiger charge is 2.24. The summed E-state index contributed by atoms with van der Waals surface area (Å²) in [7, 11) is 1.77. The molecule has 0 aromatic heterocycles. The van der Waals surface area contributed by atoms with Crippen LogP contribution in [0.2, 0.25) is 0 Å². The second-order valence-electron chi connectivity index (χ2n) is 8.83. The maximum absolute atomic E-state index is 12.9. The van der Waals surface area contributed by atoms with E-state index < -0.39 is 0 Å². The number of rotatable bonds is 7. The molecule has 176 valence electrons. The van der Waals surface area contributed by atoms with Crippen LogP contribution >= 0.6 is 11.8 Å². The summed E-state index contributed by atoms with van der Waals surface area (Å²) in [6.45, 7) is 4.90. The molecule has 5 nitrogen and oxygen atoms in total. The van der Waals surface area contributed by atoms with E-state index in [-0.39, 0.29) is 11.9 Å². The van der Waals surface area contributed by atoms with Crippen molar-refractivity contribution >= 4 is 35.1 Å². The summed E-state index contributed by atoms with van der Waals surface area (Å²) >= 11 is 1.57. The minimum Gasteiger partial charge on any atom is -0.338 e. The number of carbonyl (C=O) groups excluding carboxylic acids is 2. The van der Waals surface area contributed by atoms with Gasteiger partial charge in [-0.1, -0.05) is 59.6 Å². The van der Waals surface area contributed by atoms with Crippen molar-refractivity contribution in [3.05, 3.63) is 82.9 Å². The van der Waals surface area contributed by atoms with Crippen LogP contribution in [0.15, 0.2) is 70.5 Å². The fourth-order valence-electron chi connectivity index (χ4n) is 4.31. The van der Waals surface area contributed by atoms with Gasteiger partial charge in [-0.05, 0) is 69.0 Å². The monoisotopic (exact) mass is 473 g/mol. The second-order valence-corrected chi connectivity index (χ2v) is 9.92. The molecule has 4 rings (SSSR count). The van der Waals surface area contributed by atoms with Gasteiger partial charge in [0, 0.05) is 29.1 Å². The average Bonchev–Trinajstić information content (AvgIpc) is 2.90. The van der Waals surface area contributed by atoms with Gasteiger partial charge < -0.3 is 15.5 Å². The van der Waals surface area contributed by atoms with Gasteiger partial charge in [-0.25, -0.2) is 4.79 Å². The van der Waals surface area contributed by atoms with Gasteiger partial charge in [-0.2, -0.15) is 0 Å². The molecule has 1 heterocycles. The molecule has 0 aliphatic carbocycles. The van der Waals surface area contributed by atoms with Gasteiger partial charge in [0.15, 0.2) is 0 Å². The van der Waals surface area contributed by atoms with Gasteiger partial charge in [-0.15, -0.1) is 0 Å². The number of benzene rings is 3. The Balaban J connectivity index is 1.26. The Morgan fingerprint density at radius 3 is 2.47 bits per heavy atom. The van der Waals surface area contributed by atoms with E-state index in [0.717, 1.165) is 41.2 Å². The second kappa shape index (κ2) is 10.8. The maximum atomic E-state index is 12.9. The van der Waals surface area contributed by atoms with Crippen LogP contribution < -0.4 is 15.5 Å². The number of anilines is 2. The van der Waals surface area contributed by atoms with E-state index in [4.69, 9.17) is 0 Å². The van der Waals surface area contributed by atoms with E-state index in [1.807, 2.05) is 42.5 Å². The van der Waals surface area contributed by atoms with Crippen molar-refractivity contribution in [1.29, 1.82) is 0 Å². The first-order chi connectivity index (χ1) is 16.4. The van der Waals surface area contributed by atoms with E-state index in [2.05, 4.69) is 42.7 Å². The van der Waals surface area contributed by atoms with E-state index >= 15 is 0 Å². The summed E-state index contributed by atoms with van der Waals surface area (Å²) in [6, 6.07) is 19.8. The lowest BCUT2D eigenvalue weighted by Crippen LogP contribution is -2.30. The van der Waals surface area contributed by atoms with Crippen LogP contribution in [0.3, 0.4) is 0 Å². The molecular formula is C28H31N3O2S. The number of carbonyl (C=O) groups is 2. The first-order valence-corrected chi connectivity index (χ1v) is 12.5. The number of unbranched alkanes of at least 4 members (excludes halogenated alkanes) is 2. The van der Waals surface area contributed by atoms with Crippen molar-refractivity contribution < 1.29 is 9.59 Å². The van der Waals surface area contributed by atoms with Crippen LogP contribution in [0, 0.1) is 13.8 Å². The number of hydrogen-bond acceptors (Lipinski definition) is 3. The summed E-state index contributed by atoms with van der Waals surface area (Å²) in [5.74, 6) is -0.0516. The topological polar surface area (TPSA) is 61.4 Å². The minimum absolute atomic E-state index is 0.0516. The van der Waals surface area contributed by atoms with Gasteiger partial charge in [0.1, 0.15) is 0 Å². The van der Waals surface area contributed by atoms with Gasteiger partial charge in [0.05, 0.1) is 11.3 Å². The zero-order valence-corrected chi connectivity index (χ0v) is 20.8. The molecule has 0 spiro atoms. The number of fused-ring (bicyclic) bond motifs is 2. The Bertz CT molecular complexity index is 1190. The van der Waals surface area contributed by atoms with Crippen molar-refractivity contribution in [3.63, 3.8) is 0 Å². The first-order valence-electron chi connectivity index (χ1n) is 11.7. The number of nitrogens with one attached hydrogen (secondary N) is 2. The van der Waals surface area contributed by atoms with Crippen molar-refractivity contribution in [3.8, 4) is 0 Å². The van der Waals surface area contributed by atoms with Gasteiger partial charge in [0.2, 0.25) is 0 Å². The Morgan fingerprint density at radius 2 is 1.68 bits per heavy atom. The summed E-state index contributed by atoms with van der Waals surface area (Å²) in [4.78, 5) is 28.9. The SMILES string of the molecule is Cc1cc(C)cc(CCCCCNC(=O)Nc2ccc3c(c2)N(C)C(=O)c2ccccc2S3)c1. The minimum atomic E-state index is -0.229. The van der Waals surface area contributed by atoms with Gasteiger partial charge >= 0.3 is 6.03 Å². The standard InChI is InChI=1S/C28H31N3O2S/c1-19-15-20(2)17-21(16-19)9-5-4-8-14-29-28(33)30-22-12-13-26-24(18-22)31(3)27(32)23-10-6-7-11-25(23)34-26/h6-7,10-13,15-18H,4-5,8-9,14H2,1-3H3,(H2,29,30,33). The molecule has 1 aliphatic heterocycles. The molecule has 0 unspecified atom stereocenters. The molecular weight excluding hydrogens is 442 g/mol. The van der Waals surface area contributed by atoms with E-state index in [0.29, 0.717) is 17.8 Å². The maximum Gasteiger partial charge on any atom is 0.319 e. The fourth-order valence-corrected chi connectivity index (χ4v) is 5.39.